The molecule has 1 amide bonds. The molecule has 0 radical (unpaired) electrons. The number of amides is 1. The van der Waals surface area contributed by atoms with Crippen LogP contribution in [0.15, 0.2) is 30.5 Å². The fourth-order valence-electron chi connectivity index (χ4n) is 3.36. The minimum Gasteiger partial charge on any atom is -0.358 e. The van der Waals surface area contributed by atoms with Gasteiger partial charge in [-0.2, -0.15) is 4.52 Å². The van der Waals surface area contributed by atoms with Gasteiger partial charge in [-0.15, -0.1) is 5.10 Å². The Balaban J connectivity index is 1.61. The Morgan fingerprint density at radius 3 is 2.92 bits per heavy atom. The number of benzene rings is 1. The van der Waals surface area contributed by atoms with Gasteiger partial charge in [0.2, 0.25) is 0 Å². The molecule has 0 unspecified atom stereocenters. The SMILES string of the molecule is CCc1[nH]c2c(CNC(=O)c3ccc4nnnn4c3)cc(C)cc2c1C. The third-order valence-corrected chi connectivity index (χ3v) is 4.74. The number of aryl methyl sites for hydroxylation is 3. The van der Waals surface area contributed by atoms with Gasteiger partial charge < -0.3 is 10.3 Å². The summed E-state index contributed by atoms with van der Waals surface area (Å²) in [5, 5.41) is 15.5. The second-order valence-corrected chi connectivity index (χ2v) is 6.51. The molecule has 0 atom stereocenters. The summed E-state index contributed by atoms with van der Waals surface area (Å²) >= 11 is 0. The molecule has 1 aromatic carbocycles. The number of hydrogen-bond donors (Lipinski definition) is 2. The molecule has 0 spiro atoms. The molecule has 7 nitrogen and oxygen atoms in total. The molecule has 2 N–H and O–H groups in total. The van der Waals surface area contributed by atoms with Crippen LogP contribution in [-0.4, -0.2) is 30.9 Å². The third kappa shape index (κ3) is 2.71. The highest BCUT2D eigenvalue weighted by molar-refractivity contribution is 5.94. The van der Waals surface area contributed by atoms with Gasteiger partial charge in [0.15, 0.2) is 5.65 Å². The Hall–Kier alpha value is -3.22. The molecule has 4 rings (SSSR count). The summed E-state index contributed by atoms with van der Waals surface area (Å²) in [5.41, 5.74) is 7.01. The zero-order valence-electron chi connectivity index (χ0n) is 15.0. The first kappa shape index (κ1) is 16.3. The second kappa shape index (κ2) is 6.25. The molecule has 3 heterocycles. The number of tetrazole rings is 1. The molecular formula is C19H20N6O. The molecule has 0 saturated carbocycles. The van der Waals surface area contributed by atoms with Crippen LogP contribution in [0.25, 0.3) is 16.6 Å². The number of carbonyl (C=O) groups is 1. The number of nitrogens with one attached hydrogen (secondary N) is 2. The number of aromatic nitrogens is 5. The van der Waals surface area contributed by atoms with Gasteiger partial charge in [0.1, 0.15) is 0 Å². The van der Waals surface area contributed by atoms with Crippen molar-refractivity contribution in [3.8, 4) is 0 Å². The molecule has 0 bridgehead atoms. The standard InChI is InChI=1S/C19H20N6O/c1-4-16-12(3)15-8-11(2)7-14(18(15)21-16)9-20-19(26)13-5-6-17-22-23-24-25(17)10-13/h5-8,10,21H,4,9H2,1-3H3,(H,20,26). The molecule has 0 aliphatic rings. The summed E-state index contributed by atoms with van der Waals surface area (Å²) in [4.78, 5) is 16.0. The molecule has 4 aromatic rings. The monoisotopic (exact) mass is 348 g/mol. The largest absolute Gasteiger partial charge is 0.358 e. The molecule has 132 valence electrons. The fourth-order valence-corrected chi connectivity index (χ4v) is 3.36. The van der Waals surface area contributed by atoms with Crippen LogP contribution in [0.4, 0.5) is 0 Å². The summed E-state index contributed by atoms with van der Waals surface area (Å²) in [7, 11) is 0. The maximum Gasteiger partial charge on any atom is 0.253 e. The lowest BCUT2D eigenvalue weighted by Crippen LogP contribution is -2.23. The molecule has 0 aliphatic heterocycles. The van der Waals surface area contributed by atoms with Crippen LogP contribution >= 0.6 is 0 Å². The third-order valence-electron chi connectivity index (χ3n) is 4.74. The van der Waals surface area contributed by atoms with Crippen molar-refractivity contribution in [2.24, 2.45) is 0 Å². The summed E-state index contributed by atoms with van der Waals surface area (Å²) < 4.78 is 1.49. The normalized spacial score (nSPS) is 11.3. The van der Waals surface area contributed by atoms with Crippen LogP contribution in [0.2, 0.25) is 0 Å². The first-order valence-corrected chi connectivity index (χ1v) is 8.63. The Bertz CT molecular complexity index is 1120. The van der Waals surface area contributed by atoms with Crippen LogP contribution in [0.5, 0.6) is 0 Å². The maximum absolute atomic E-state index is 12.5. The predicted molar refractivity (Wildman–Crippen MR) is 99.1 cm³/mol. The molecule has 0 aliphatic carbocycles. The van der Waals surface area contributed by atoms with Gasteiger partial charge in [-0.25, -0.2) is 0 Å². The summed E-state index contributed by atoms with van der Waals surface area (Å²) in [5.74, 6) is -0.156. The Labute approximate surface area is 150 Å². The van der Waals surface area contributed by atoms with E-state index in [4.69, 9.17) is 0 Å². The zero-order chi connectivity index (χ0) is 18.3. The van der Waals surface area contributed by atoms with Crippen molar-refractivity contribution < 1.29 is 4.79 Å². The van der Waals surface area contributed by atoms with Crippen molar-refractivity contribution in [3.05, 3.63) is 58.4 Å². The van der Waals surface area contributed by atoms with E-state index in [0.717, 1.165) is 17.5 Å². The lowest BCUT2D eigenvalue weighted by atomic mass is 10.0. The van der Waals surface area contributed by atoms with Crippen molar-refractivity contribution in [1.82, 2.24) is 30.3 Å². The molecule has 7 heteroatoms. The second-order valence-electron chi connectivity index (χ2n) is 6.51. The number of nitrogens with zero attached hydrogens (tertiary/aromatic N) is 4. The van der Waals surface area contributed by atoms with Crippen molar-refractivity contribution in [2.45, 2.75) is 33.7 Å². The predicted octanol–water partition coefficient (Wildman–Crippen LogP) is 2.71. The van der Waals surface area contributed by atoms with Crippen molar-refractivity contribution in [3.63, 3.8) is 0 Å². The zero-order valence-corrected chi connectivity index (χ0v) is 15.0. The number of aromatic amines is 1. The van der Waals surface area contributed by atoms with Crippen LogP contribution in [0, 0.1) is 13.8 Å². The number of rotatable bonds is 4. The average Bonchev–Trinajstić information content (AvgIpc) is 3.23. The number of hydrogen-bond acceptors (Lipinski definition) is 4. The Morgan fingerprint density at radius 2 is 2.12 bits per heavy atom. The summed E-state index contributed by atoms with van der Waals surface area (Å²) in [6.45, 7) is 6.81. The number of H-pyrrole nitrogens is 1. The summed E-state index contributed by atoms with van der Waals surface area (Å²) in [6.07, 6.45) is 2.59. The first-order chi connectivity index (χ1) is 12.6. The van der Waals surface area contributed by atoms with E-state index in [1.54, 1.807) is 18.3 Å². The van der Waals surface area contributed by atoms with E-state index in [0.29, 0.717) is 17.8 Å². The van der Waals surface area contributed by atoms with Gasteiger partial charge in [0, 0.05) is 23.8 Å². The average molecular weight is 348 g/mol. The Morgan fingerprint density at radius 1 is 1.27 bits per heavy atom. The fraction of sp³-hybridized carbons (Fsp3) is 0.263. The van der Waals surface area contributed by atoms with E-state index < -0.39 is 0 Å². The Kier molecular flexibility index (Phi) is 3.91. The van der Waals surface area contributed by atoms with E-state index in [1.165, 1.54) is 26.7 Å². The van der Waals surface area contributed by atoms with Gasteiger partial charge in [-0.1, -0.05) is 18.6 Å². The van der Waals surface area contributed by atoms with Gasteiger partial charge in [0.25, 0.3) is 5.91 Å². The van der Waals surface area contributed by atoms with E-state index in [1.807, 2.05) is 0 Å². The van der Waals surface area contributed by atoms with E-state index in [9.17, 15) is 4.79 Å². The smallest absolute Gasteiger partial charge is 0.253 e. The highest BCUT2D eigenvalue weighted by Gasteiger charge is 2.13. The van der Waals surface area contributed by atoms with Crippen LogP contribution in [0.3, 0.4) is 0 Å². The maximum atomic E-state index is 12.5. The van der Waals surface area contributed by atoms with Crippen molar-refractivity contribution >= 4 is 22.5 Å². The lowest BCUT2D eigenvalue weighted by molar-refractivity contribution is 0.0950. The van der Waals surface area contributed by atoms with Gasteiger partial charge >= 0.3 is 0 Å². The van der Waals surface area contributed by atoms with E-state index in [-0.39, 0.29) is 5.91 Å². The molecule has 0 fully saturated rings. The number of carbonyl (C=O) groups excluding carboxylic acids is 1. The molecular weight excluding hydrogens is 328 g/mol. The minimum absolute atomic E-state index is 0.156. The van der Waals surface area contributed by atoms with Crippen molar-refractivity contribution in [1.29, 1.82) is 0 Å². The topological polar surface area (TPSA) is 88.0 Å². The molecule has 26 heavy (non-hydrogen) atoms. The molecule has 0 saturated heterocycles. The van der Waals surface area contributed by atoms with E-state index >= 15 is 0 Å². The highest BCUT2D eigenvalue weighted by Crippen LogP contribution is 2.26. The van der Waals surface area contributed by atoms with Crippen molar-refractivity contribution in [2.75, 3.05) is 0 Å². The quantitative estimate of drug-likeness (QED) is 0.593. The number of pyridine rings is 1. The van der Waals surface area contributed by atoms with Gasteiger partial charge in [-0.3, -0.25) is 4.79 Å². The van der Waals surface area contributed by atoms with Crippen LogP contribution in [-0.2, 0) is 13.0 Å². The number of fused-ring (bicyclic) bond motifs is 2. The minimum atomic E-state index is -0.156. The lowest BCUT2D eigenvalue weighted by Gasteiger charge is -2.08. The van der Waals surface area contributed by atoms with Gasteiger partial charge in [0.05, 0.1) is 11.1 Å². The van der Waals surface area contributed by atoms with Crippen LogP contribution in [0.1, 0.15) is 39.7 Å². The summed E-state index contributed by atoms with van der Waals surface area (Å²) in [6, 6.07) is 7.75. The van der Waals surface area contributed by atoms with Crippen LogP contribution < -0.4 is 5.32 Å². The highest BCUT2D eigenvalue weighted by atomic mass is 16.1. The van der Waals surface area contributed by atoms with E-state index in [2.05, 4.69) is 58.7 Å². The van der Waals surface area contributed by atoms with Gasteiger partial charge in [-0.05, 0) is 60.0 Å². The molecule has 3 aromatic heterocycles. The first-order valence-electron chi connectivity index (χ1n) is 8.63.